The molecule has 0 rings (SSSR count). The van der Waals surface area contributed by atoms with Crippen molar-refractivity contribution >= 4 is 17.9 Å². The summed E-state index contributed by atoms with van der Waals surface area (Å²) in [6.07, 6.45) is 85.8. The fourth-order valence-corrected chi connectivity index (χ4v) is 10.5. The Morgan fingerprint density at radius 2 is 0.456 bits per heavy atom. The molecular weight excluding hydrogens is 973 g/mol. The van der Waals surface area contributed by atoms with Gasteiger partial charge in [0.05, 0.1) is 0 Å². The molecule has 0 amide bonds. The van der Waals surface area contributed by atoms with Crippen molar-refractivity contribution in [1.29, 1.82) is 0 Å². The van der Waals surface area contributed by atoms with Crippen LogP contribution in [0.5, 0.6) is 0 Å². The van der Waals surface area contributed by atoms with Crippen molar-refractivity contribution in [3.8, 4) is 0 Å². The van der Waals surface area contributed by atoms with Crippen LogP contribution in [0.15, 0.2) is 48.6 Å². The minimum Gasteiger partial charge on any atom is -0.462 e. The van der Waals surface area contributed by atoms with Crippen LogP contribution in [0.3, 0.4) is 0 Å². The first-order valence-corrected chi connectivity index (χ1v) is 35.1. The smallest absolute Gasteiger partial charge is 0.306 e. The first-order valence-electron chi connectivity index (χ1n) is 35.1. The normalized spacial score (nSPS) is 12.3. The third-order valence-corrected chi connectivity index (χ3v) is 15.8. The number of ether oxygens (including phenoxy) is 3. The van der Waals surface area contributed by atoms with E-state index in [2.05, 4.69) is 69.4 Å². The van der Waals surface area contributed by atoms with Crippen molar-refractivity contribution in [2.75, 3.05) is 13.2 Å². The second-order valence-corrected chi connectivity index (χ2v) is 23.8. The largest absolute Gasteiger partial charge is 0.462 e. The highest BCUT2D eigenvalue weighted by Gasteiger charge is 2.19. The van der Waals surface area contributed by atoms with Gasteiger partial charge in [0.15, 0.2) is 6.10 Å². The zero-order chi connectivity index (χ0) is 57.1. The van der Waals surface area contributed by atoms with E-state index in [0.717, 1.165) is 77.0 Å². The molecule has 0 aromatic heterocycles. The molecular formula is C73H134O6. The van der Waals surface area contributed by atoms with Gasteiger partial charge < -0.3 is 14.2 Å². The number of allylic oxidation sites excluding steroid dienone is 8. The van der Waals surface area contributed by atoms with Gasteiger partial charge in [0.2, 0.25) is 0 Å². The van der Waals surface area contributed by atoms with E-state index in [1.165, 1.54) is 263 Å². The summed E-state index contributed by atoms with van der Waals surface area (Å²) in [5.41, 5.74) is 0. The summed E-state index contributed by atoms with van der Waals surface area (Å²) in [5, 5.41) is 0. The molecule has 0 aliphatic rings. The second-order valence-electron chi connectivity index (χ2n) is 23.8. The monoisotopic (exact) mass is 1110 g/mol. The van der Waals surface area contributed by atoms with Crippen molar-refractivity contribution in [2.24, 2.45) is 0 Å². The third kappa shape index (κ3) is 66.1. The summed E-state index contributed by atoms with van der Waals surface area (Å²) in [5.74, 6) is -0.854. The molecule has 462 valence electrons. The minimum atomic E-state index is -0.773. The number of unbranched alkanes of at least 4 members (excludes halogenated alkanes) is 46. The predicted octanol–water partition coefficient (Wildman–Crippen LogP) is 24.1. The van der Waals surface area contributed by atoms with Crippen molar-refractivity contribution in [3.05, 3.63) is 48.6 Å². The highest BCUT2D eigenvalue weighted by atomic mass is 16.6. The van der Waals surface area contributed by atoms with Gasteiger partial charge >= 0.3 is 17.9 Å². The second kappa shape index (κ2) is 67.9. The van der Waals surface area contributed by atoms with E-state index in [9.17, 15) is 14.4 Å². The van der Waals surface area contributed by atoms with Gasteiger partial charge in [-0.15, -0.1) is 0 Å². The van der Waals surface area contributed by atoms with Crippen molar-refractivity contribution in [3.63, 3.8) is 0 Å². The summed E-state index contributed by atoms with van der Waals surface area (Å²) >= 11 is 0. The molecule has 0 aliphatic carbocycles. The van der Waals surface area contributed by atoms with Crippen molar-refractivity contribution in [1.82, 2.24) is 0 Å². The Morgan fingerprint density at radius 1 is 0.253 bits per heavy atom. The number of esters is 3. The van der Waals surface area contributed by atoms with Crippen LogP contribution in [0.1, 0.15) is 380 Å². The maximum atomic E-state index is 12.9. The molecule has 0 radical (unpaired) electrons. The van der Waals surface area contributed by atoms with E-state index in [1.54, 1.807) is 0 Å². The molecule has 0 aromatic rings. The van der Waals surface area contributed by atoms with Crippen LogP contribution in [0.2, 0.25) is 0 Å². The number of carbonyl (C=O) groups excluding carboxylic acids is 3. The van der Waals surface area contributed by atoms with Gasteiger partial charge in [0.25, 0.3) is 0 Å². The molecule has 0 fully saturated rings. The van der Waals surface area contributed by atoms with Gasteiger partial charge in [-0.2, -0.15) is 0 Å². The Morgan fingerprint density at radius 3 is 0.747 bits per heavy atom. The van der Waals surface area contributed by atoms with Crippen molar-refractivity contribution < 1.29 is 28.6 Å². The molecule has 0 bridgehead atoms. The molecule has 0 saturated carbocycles. The highest BCUT2D eigenvalue weighted by Crippen LogP contribution is 2.18. The van der Waals surface area contributed by atoms with Crippen molar-refractivity contribution in [2.45, 2.75) is 386 Å². The molecule has 0 aliphatic heterocycles. The SMILES string of the molecule is CCCCC/C=C\CCCCCCCC(=O)OCC(COC(=O)CCCCCCCCCCCCCCCCCCCC/C=C\C/C=C\C/C=C\CCCCCCC)OC(=O)CCCCCCCCCCCCCCCCCC. The Hall–Kier alpha value is -2.63. The molecule has 6 heteroatoms. The molecule has 0 spiro atoms. The zero-order valence-electron chi connectivity index (χ0n) is 53.2. The Bertz CT molecular complexity index is 1360. The quantitative estimate of drug-likeness (QED) is 0.0261. The standard InChI is InChI=1S/C73H134O6/c1-4-7-10-13-16-19-22-25-27-29-30-31-32-33-34-35-36-37-38-39-40-41-42-43-44-45-47-48-51-54-57-60-63-66-72(75)78-69-70(68-77-71(74)65-62-59-56-53-50-24-21-18-15-12-9-6-3)79-73(76)67-64-61-58-55-52-49-46-28-26-23-20-17-14-11-8-5-2/h18,21-22,25,29-30,32-33,70H,4-17,19-20,23-24,26-28,31,34-69H2,1-3H3/b21-18-,25-22-,30-29-,33-32-. The Labute approximate surface area is 492 Å². The van der Waals surface area contributed by atoms with E-state index < -0.39 is 6.10 Å². The number of hydrogen-bond donors (Lipinski definition) is 0. The first-order chi connectivity index (χ1) is 39.0. The first kappa shape index (κ1) is 76.4. The van der Waals surface area contributed by atoms with E-state index in [-0.39, 0.29) is 31.1 Å². The molecule has 6 nitrogen and oxygen atoms in total. The van der Waals surface area contributed by atoms with E-state index in [4.69, 9.17) is 14.2 Å². The van der Waals surface area contributed by atoms with E-state index in [0.29, 0.717) is 19.3 Å². The summed E-state index contributed by atoms with van der Waals surface area (Å²) in [4.78, 5) is 38.3. The van der Waals surface area contributed by atoms with Crippen LogP contribution in [0, 0.1) is 0 Å². The lowest BCUT2D eigenvalue weighted by atomic mass is 10.0. The van der Waals surface area contributed by atoms with Gasteiger partial charge in [-0.05, 0) is 83.5 Å². The van der Waals surface area contributed by atoms with Crippen LogP contribution in [-0.4, -0.2) is 37.2 Å². The van der Waals surface area contributed by atoms with Gasteiger partial charge in [-0.25, -0.2) is 0 Å². The maximum Gasteiger partial charge on any atom is 0.306 e. The molecule has 1 unspecified atom stereocenters. The van der Waals surface area contributed by atoms with Gasteiger partial charge in [0.1, 0.15) is 13.2 Å². The summed E-state index contributed by atoms with van der Waals surface area (Å²) < 4.78 is 16.9. The molecule has 1 atom stereocenters. The summed E-state index contributed by atoms with van der Waals surface area (Å²) in [7, 11) is 0. The molecule has 0 aromatic carbocycles. The fraction of sp³-hybridized carbons (Fsp3) is 0.849. The van der Waals surface area contributed by atoms with Crippen LogP contribution >= 0.6 is 0 Å². The number of rotatable bonds is 65. The van der Waals surface area contributed by atoms with Crippen LogP contribution in [-0.2, 0) is 28.6 Å². The average Bonchev–Trinajstić information content (AvgIpc) is 3.45. The molecule has 0 heterocycles. The third-order valence-electron chi connectivity index (χ3n) is 15.8. The van der Waals surface area contributed by atoms with E-state index in [1.807, 2.05) is 0 Å². The zero-order valence-corrected chi connectivity index (χ0v) is 53.2. The van der Waals surface area contributed by atoms with Crippen LogP contribution in [0.25, 0.3) is 0 Å². The van der Waals surface area contributed by atoms with Crippen LogP contribution < -0.4 is 0 Å². The predicted molar refractivity (Wildman–Crippen MR) is 344 cm³/mol. The van der Waals surface area contributed by atoms with Crippen LogP contribution in [0.4, 0.5) is 0 Å². The fourth-order valence-electron chi connectivity index (χ4n) is 10.5. The lowest BCUT2D eigenvalue weighted by Gasteiger charge is -2.18. The molecule has 0 N–H and O–H groups in total. The summed E-state index contributed by atoms with van der Waals surface area (Å²) in [6, 6.07) is 0. The molecule has 79 heavy (non-hydrogen) atoms. The van der Waals surface area contributed by atoms with Gasteiger partial charge in [0, 0.05) is 19.3 Å². The number of hydrogen-bond acceptors (Lipinski definition) is 6. The molecule has 0 saturated heterocycles. The number of carbonyl (C=O) groups is 3. The lowest BCUT2D eigenvalue weighted by molar-refractivity contribution is -0.167. The maximum absolute atomic E-state index is 12.9. The van der Waals surface area contributed by atoms with Gasteiger partial charge in [-0.1, -0.05) is 326 Å². The lowest BCUT2D eigenvalue weighted by Crippen LogP contribution is -2.30. The summed E-state index contributed by atoms with van der Waals surface area (Å²) in [6.45, 7) is 6.66. The van der Waals surface area contributed by atoms with Gasteiger partial charge in [-0.3, -0.25) is 14.4 Å². The Kier molecular flexibility index (Phi) is 65.6. The minimum absolute atomic E-state index is 0.0700. The highest BCUT2D eigenvalue weighted by molar-refractivity contribution is 5.71. The topological polar surface area (TPSA) is 78.9 Å². The Balaban J connectivity index is 4.10. The van der Waals surface area contributed by atoms with E-state index >= 15 is 0 Å². The average molecular weight is 1110 g/mol.